The zero-order valence-corrected chi connectivity index (χ0v) is 14.1. The van der Waals surface area contributed by atoms with Crippen molar-refractivity contribution in [2.45, 2.75) is 45.6 Å². The van der Waals surface area contributed by atoms with Gasteiger partial charge in [-0.25, -0.2) is 8.42 Å². The van der Waals surface area contributed by atoms with Crippen LogP contribution in [0.4, 0.5) is 0 Å². The molecule has 1 N–H and O–H groups in total. The molecule has 0 aromatic carbocycles. The Hall–Kier alpha value is -1.41. The first-order valence-corrected chi connectivity index (χ1v) is 8.20. The molecular formula is C13H23N3O4S. The summed E-state index contributed by atoms with van der Waals surface area (Å²) in [6, 6.07) is -0.0207. The van der Waals surface area contributed by atoms with Crippen molar-refractivity contribution in [2.75, 3.05) is 13.6 Å². The number of amides is 1. The number of aromatic nitrogens is 1. The van der Waals surface area contributed by atoms with Crippen LogP contribution in [0.1, 0.15) is 32.2 Å². The van der Waals surface area contributed by atoms with Gasteiger partial charge < -0.3 is 9.84 Å². The molecule has 1 aromatic rings. The van der Waals surface area contributed by atoms with E-state index in [9.17, 15) is 13.2 Å². The predicted molar refractivity (Wildman–Crippen MR) is 78.2 cm³/mol. The lowest BCUT2D eigenvalue weighted by Crippen LogP contribution is -2.43. The second-order valence-electron chi connectivity index (χ2n) is 5.51. The number of hydrogen-bond acceptors (Lipinski definition) is 5. The first kappa shape index (κ1) is 17.6. The molecule has 0 aliphatic carbocycles. The molecule has 0 bridgehead atoms. The first-order chi connectivity index (χ1) is 9.57. The summed E-state index contributed by atoms with van der Waals surface area (Å²) >= 11 is 0. The summed E-state index contributed by atoms with van der Waals surface area (Å²) in [6.45, 7) is 8.68. The highest BCUT2D eigenvalue weighted by Gasteiger charge is 2.30. The fraction of sp³-hybridized carbons (Fsp3) is 0.692. The number of nitrogens with zero attached hydrogens (tertiary/aromatic N) is 2. The summed E-state index contributed by atoms with van der Waals surface area (Å²) in [5.41, 5.74) is 0.287. The molecular weight excluding hydrogens is 294 g/mol. The zero-order chi connectivity index (χ0) is 16.4. The lowest BCUT2D eigenvalue weighted by atomic mass is 10.1. The average Bonchev–Trinajstić information content (AvgIpc) is 2.68. The first-order valence-electron chi connectivity index (χ1n) is 6.76. The minimum Gasteiger partial charge on any atom is -0.360 e. The molecule has 8 heteroatoms. The van der Waals surface area contributed by atoms with Crippen LogP contribution in [0.3, 0.4) is 0 Å². The van der Waals surface area contributed by atoms with E-state index in [2.05, 4.69) is 10.5 Å². The van der Waals surface area contributed by atoms with E-state index in [-0.39, 0.29) is 40.8 Å². The van der Waals surface area contributed by atoms with E-state index in [0.717, 1.165) is 4.31 Å². The Labute approximate surface area is 125 Å². The van der Waals surface area contributed by atoms with E-state index in [1.807, 2.05) is 20.8 Å². The lowest BCUT2D eigenvalue weighted by Gasteiger charge is -2.20. The minimum atomic E-state index is -3.79. The van der Waals surface area contributed by atoms with Gasteiger partial charge in [0.25, 0.3) is 0 Å². The number of hydrogen-bond donors (Lipinski definition) is 1. The van der Waals surface area contributed by atoms with Crippen molar-refractivity contribution in [2.24, 2.45) is 5.92 Å². The molecule has 1 unspecified atom stereocenters. The molecule has 1 amide bonds. The van der Waals surface area contributed by atoms with Crippen molar-refractivity contribution in [1.29, 1.82) is 0 Å². The normalized spacial score (nSPS) is 13.7. The predicted octanol–water partition coefficient (Wildman–Crippen LogP) is 1.07. The molecule has 1 rings (SSSR count). The van der Waals surface area contributed by atoms with Gasteiger partial charge in [0.2, 0.25) is 15.9 Å². The third-order valence-electron chi connectivity index (χ3n) is 3.39. The van der Waals surface area contributed by atoms with Crippen LogP contribution in [0.15, 0.2) is 9.42 Å². The average molecular weight is 317 g/mol. The van der Waals surface area contributed by atoms with Crippen LogP contribution in [0.25, 0.3) is 0 Å². The number of aryl methyl sites for hydroxylation is 2. The summed E-state index contributed by atoms with van der Waals surface area (Å²) in [6.07, 6.45) is 0. The molecule has 1 aromatic heterocycles. The summed E-state index contributed by atoms with van der Waals surface area (Å²) in [5, 5.41) is 6.41. The molecule has 120 valence electrons. The Bertz CT molecular complexity index is 587. The lowest BCUT2D eigenvalue weighted by molar-refractivity contribution is -0.122. The van der Waals surface area contributed by atoms with E-state index in [1.165, 1.54) is 14.0 Å². The van der Waals surface area contributed by atoms with Crippen molar-refractivity contribution >= 4 is 15.9 Å². The molecule has 0 aliphatic rings. The number of carbonyl (C=O) groups excluding carboxylic acids is 1. The van der Waals surface area contributed by atoms with Crippen LogP contribution in [-0.2, 0) is 14.8 Å². The van der Waals surface area contributed by atoms with Crippen molar-refractivity contribution in [3.8, 4) is 0 Å². The number of rotatable bonds is 6. The third-order valence-corrected chi connectivity index (χ3v) is 5.44. The Morgan fingerprint density at radius 2 is 1.90 bits per heavy atom. The fourth-order valence-corrected chi connectivity index (χ4v) is 3.16. The standard InChI is InChI=1S/C13H23N3O4S/c1-8(2)9(3)14-12(17)7-16(6)21(18,19)13-10(4)15-20-11(13)5/h8-9H,7H2,1-6H3,(H,14,17). The van der Waals surface area contributed by atoms with Crippen LogP contribution in [0.5, 0.6) is 0 Å². The van der Waals surface area contributed by atoms with Crippen LogP contribution < -0.4 is 5.32 Å². The van der Waals surface area contributed by atoms with Crippen LogP contribution in [-0.4, -0.2) is 43.4 Å². The van der Waals surface area contributed by atoms with Gasteiger partial charge in [0, 0.05) is 13.1 Å². The molecule has 7 nitrogen and oxygen atoms in total. The highest BCUT2D eigenvalue weighted by Crippen LogP contribution is 2.22. The zero-order valence-electron chi connectivity index (χ0n) is 13.3. The van der Waals surface area contributed by atoms with Gasteiger partial charge in [0.05, 0.1) is 6.54 Å². The van der Waals surface area contributed by atoms with E-state index in [1.54, 1.807) is 6.92 Å². The van der Waals surface area contributed by atoms with Gasteiger partial charge >= 0.3 is 0 Å². The Balaban J connectivity index is 2.84. The topological polar surface area (TPSA) is 92.5 Å². The van der Waals surface area contributed by atoms with Crippen LogP contribution in [0.2, 0.25) is 0 Å². The van der Waals surface area contributed by atoms with Crippen molar-refractivity contribution in [3.05, 3.63) is 11.5 Å². The molecule has 1 atom stereocenters. The molecule has 0 radical (unpaired) electrons. The smallest absolute Gasteiger partial charge is 0.248 e. The number of likely N-dealkylation sites (N-methyl/N-ethyl adjacent to an activating group) is 1. The van der Waals surface area contributed by atoms with Gasteiger partial charge in [0.15, 0.2) is 5.76 Å². The maximum Gasteiger partial charge on any atom is 0.248 e. The highest BCUT2D eigenvalue weighted by molar-refractivity contribution is 7.89. The van der Waals surface area contributed by atoms with E-state index >= 15 is 0 Å². The minimum absolute atomic E-state index is 0.0207. The second kappa shape index (κ2) is 6.57. The highest BCUT2D eigenvalue weighted by atomic mass is 32.2. The maximum absolute atomic E-state index is 12.4. The summed E-state index contributed by atoms with van der Waals surface area (Å²) in [4.78, 5) is 11.9. The molecule has 21 heavy (non-hydrogen) atoms. The summed E-state index contributed by atoms with van der Waals surface area (Å²) < 4.78 is 30.8. The molecule has 0 fully saturated rings. The van der Waals surface area contributed by atoms with Gasteiger partial charge in [0.1, 0.15) is 10.6 Å². The van der Waals surface area contributed by atoms with Crippen molar-refractivity contribution in [3.63, 3.8) is 0 Å². The van der Waals surface area contributed by atoms with Crippen molar-refractivity contribution in [1.82, 2.24) is 14.8 Å². The van der Waals surface area contributed by atoms with Gasteiger partial charge in [-0.05, 0) is 26.7 Å². The van der Waals surface area contributed by atoms with Crippen LogP contribution in [0, 0.1) is 19.8 Å². The number of sulfonamides is 1. The fourth-order valence-electron chi connectivity index (χ4n) is 1.75. The van der Waals surface area contributed by atoms with E-state index in [0.29, 0.717) is 0 Å². The SMILES string of the molecule is Cc1noc(C)c1S(=O)(=O)N(C)CC(=O)NC(C)C(C)C. The summed E-state index contributed by atoms with van der Waals surface area (Å²) in [5.74, 6) is 0.155. The van der Waals surface area contributed by atoms with E-state index in [4.69, 9.17) is 4.52 Å². The monoisotopic (exact) mass is 317 g/mol. The quantitative estimate of drug-likeness (QED) is 0.847. The Morgan fingerprint density at radius 1 is 1.33 bits per heavy atom. The largest absolute Gasteiger partial charge is 0.360 e. The van der Waals surface area contributed by atoms with Gasteiger partial charge in [-0.3, -0.25) is 4.79 Å². The van der Waals surface area contributed by atoms with Gasteiger partial charge in [-0.2, -0.15) is 4.31 Å². The third kappa shape index (κ3) is 4.04. The molecule has 0 aliphatic heterocycles. The second-order valence-corrected chi connectivity index (χ2v) is 7.50. The Kier molecular flexibility index (Phi) is 5.52. The van der Waals surface area contributed by atoms with Crippen molar-refractivity contribution < 1.29 is 17.7 Å². The molecule has 0 saturated carbocycles. The number of carbonyl (C=O) groups is 1. The van der Waals surface area contributed by atoms with Gasteiger partial charge in [-0.1, -0.05) is 19.0 Å². The van der Waals surface area contributed by atoms with E-state index < -0.39 is 10.0 Å². The van der Waals surface area contributed by atoms with Gasteiger partial charge in [-0.15, -0.1) is 0 Å². The summed E-state index contributed by atoms with van der Waals surface area (Å²) in [7, 11) is -2.43. The van der Waals surface area contributed by atoms with Crippen LogP contribution >= 0.6 is 0 Å². The molecule has 0 spiro atoms. The maximum atomic E-state index is 12.4. The molecule has 1 heterocycles. The Morgan fingerprint density at radius 3 is 2.33 bits per heavy atom. The number of nitrogens with one attached hydrogen (secondary N) is 1. The molecule has 0 saturated heterocycles.